The number of hydrogen-bond acceptors (Lipinski definition) is 6. The molecule has 0 aliphatic carbocycles. The zero-order valence-corrected chi connectivity index (χ0v) is 16.9. The number of nitrogens with one attached hydrogen (secondary N) is 1. The number of halogens is 1. The van der Waals surface area contributed by atoms with Crippen LogP contribution in [0.5, 0.6) is 0 Å². The number of ether oxygens (including phenoxy) is 1. The van der Waals surface area contributed by atoms with Crippen LogP contribution in [-0.2, 0) is 16.1 Å². The zero-order chi connectivity index (χ0) is 21.1. The van der Waals surface area contributed by atoms with E-state index in [0.717, 1.165) is 10.1 Å². The minimum atomic E-state index is -0.666. The number of amides is 1. The fourth-order valence-corrected chi connectivity index (χ4v) is 3.10. The summed E-state index contributed by atoms with van der Waals surface area (Å²) in [4.78, 5) is 41.6. The Morgan fingerprint density at radius 3 is 2.66 bits per heavy atom. The van der Waals surface area contributed by atoms with E-state index in [1.165, 1.54) is 6.33 Å². The normalized spacial score (nSPS) is 12.0. The summed E-state index contributed by atoms with van der Waals surface area (Å²) in [7, 11) is 0. The summed E-state index contributed by atoms with van der Waals surface area (Å²) in [5.74, 6) is -0.809. The number of rotatable bonds is 6. The molecule has 29 heavy (non-hydrogen) atoms. The van der Waals surface area contributed by atoms with Crippen molar-refractivity contribution in [2.75, 3.05) is 6.61 Å². The fourth-order valence-electron chi connectivity index (χ4n) is 2.98. The fraction of sp³-hybridized carbons (Fsp3) is 0.300. The van der Waals surface area contributed by atoms with E-state index in [-0.39, 0.29) is 47.5 Å². The molecule has 0 saturated heterocycles. The third-order valence-electron chi connectivity index (χ3n) is 4.40. The molecular formula is C20H20ClN3O5. The van der Waals surface area contributed by atoms with Gasteiger partial charge in [-0.3, -0.25) is 14.2 Å². The Hall–Kier alpha value is -3.13. The molecule has 3 aromatic rings. The van der Waals surface area contributed by atoms with Gasteiger partial charge in [0.1, 0.15) is 29.6 Å². The number of benzene rings is 1. The average Bonchev–Trinajstić information content (AvgIpc) is 3.01. The maximum Gasteiger partial charge on any atom is 0.342 e. The second-order valence-corrected chi connectivity index (χ2v) is 6.89. The first kappa shape index (κ1) is 20.6. The predicted molar refractivity (Wildman–Crippen MR) is 107 cm³/mol. The molecule has 1 amide bonds. The van der Waals surface area contributed by atoms with Crippen LogP contribution in [0.4, 0.5) is 0 Å². The first-order chi connectivity index (χ1) is 13.8. The number of nitrogens with zero attached hydrogens (tertiary/aromatic N) is 2. The van der Waals surface area contributed by atoms with Crippen LogP contribution in [0, 0.1) is 6.92 Å². The third-order valence-corrected chi connectivity index (χ3v) is 4.65. The number of hydrogen-bond donors (Lipinski definition) is 1. The van der Waals surface area contributed by atoms with Crippen molar-refractivity contribution in [3.63, 3.8) is 0 Å². The van der Waals surface area contributed by atoms with Crippen LogP contribution >= 0.6 is 11.6 Å². The number of aryl methyl sites for hydroxylation is 1. The van der Waals surface area contributed by atoms with Gasteiger partial charge in [0, 0.05) is 5.02 Å². The Morgan fingerprint density at radius 1 is 1.31 bits per heavy atom. The SMILES string of the molecule is CCOC(=O)c1c(C)oc2ncn(CC(=O)N[C@@H](C)c3ccc(Cl)cc3)c(=O)c12. The first-order valence-corrected chi connectivity index (χ1v) is 9.40. The smallest absolute Gasteiger partial charge is 0.342 e. The Bertz CT molecular complexity index is 1120. The molecule has 0 bridgehead atoms. The summed E-state index contributed by atoms with van der Waals surface area (Å²) in [6.45, 7) is 4.94. The van der Waals surface area contributed by atoms with E-state index in [2.05, 4.69) is 10.3 Å². The molecule has 0 aliphatic heterocycles. The lowest BCUT2D eigenvalue weighted by molar-refractivity contribution is -0.122. The highest BCUT2D eigenvalue weighted by molar-refractivity contribution is 6.30. The molecule has 2 aromatic heterocycles. The molecule has 0 spiro atoms. The largest absolute Gasteiger partial charge is 0.462 e. The number of carbonyl (C=O) groups excluding carboxylic acids is 2. The number of carbonyl (C=O) groups is 2. The molecule has 152 valence electrons. The standard InChI is InChI=1S/C20H20ClN3O5/c1-4-28-20(27)16-12(3)29-18-17(16)19(26)24(10-22-18)9-15(25)23-11(2)13-5-7-14(21)8-6-13/h5-8,10-11H,4,9H2,1-3H3,(H,23,25)/t11-/m0/s1. The molecule has 1 N–H and O–H groups in total. The lowest BCUT2D eigenvalue weighted by Crippen LogP contribution is -2.34. The molecule has 2 heterocycles. The van der Waals surface area contributed by atoms with Gasteiger partial charge in [-0.15, -0.1) is 0 Å². The zero-order valence-electron chi connectivity index (χ0n) is 16.2. The Balaban J connectivity index is 1.84. The number of aromatic nitrogens is 2. The van der Waals surface area contributed by atoms with E-state index >= 15 is 0 Å². The van der Waals surface area contributed by atoms with Gasteiger partial charge in [0.05, 0.1) is 12.6 Å². The molecule has 0 radical (unpaired) electrons. The van der Waals surface area contributed by atoms with E-state index in [9.17, 15) is 14.4 Å². The quantitative estimate of drug-likeness (QED) is 0.618. The molecule has 8 nitrogen and oxygen atoms in total. The number of fused-ring (bicyclic) bond motifs is 1. The summed E-state index contributed by atoms with van der Waals surface area (Å²) in [6.07, 6.45) is 1.22. The third kappa shape index (κ3) is 4.32. The van der Waals surface area contributed by atoms with E-state index in [4.69, 9.17) is 20.8 Å². The average molecular weight is 418 g/mol. The molecule has 0 aliphatic rings. The summed E-state index contributed by atoms with van der Waals surface area (Å²) in [6, 6.07) is 6.82. The van der Waals surface area contributed by atoms with Gasteiger partial charge in [0.2, 0.25) is 11.6 Å². The van der Waals surface area contributed by atoms with Crippen molar-refractivity contribution in [2.45, 2.75) is 33.4 Å². The molecule has 0 fully saturated rings. The first-order valence-electron chi connectivity index (χ1n) is 9.02. The minimum Gasteiger partial charge on any atom is -0.462 e. The van der Waals surface area contributed by atoms with Crippen LogP contribution in [0.1, 0.15) is 41.6 Å². The van der Waals surface area contributed by atoms with Gasteiger partial charge in [-0.25, -0.2) is 9.78 Å². The van der Waals surface area contributed by atoms with E-state index < -0.39 is 11.5 Å². The Morgan fingerprint density at radius 2 is 2.00 bits per heavy atom. The molecule has 3 rings (SSSR count). The molecule has 9 heteroatoms. The van der Waals surface area contributed by atoms with Gasteiger partial charge < -0.3 is 14.5 Å². The topological polar surface area (TPSA) is 103 Å². The lowest BCUT2D eigenvalue weighted by atomic mass is 10.1. The van der Waals surface area contributed by atoms with Crippen molar-refractivity contribution in [3.8, 4) is 0 Å². The highest BCUT2D eigenvalue weighted by atomic mass is 35.5. The lowest BCUT2D eigenvalue weighted by Gasteiger charge is -2.15. The Kier molecular flexibility index (Phi) is 6.03. The van der Waals surface area contributed by atoms with Crippen LogP contribution in [0.15, 0.2) is 39.8 Å². The van der Waals surface area contributed by atoms with Gasteiger partial charge in [-0.2, -0.15) is 0 Å². The number of esters is 1. The van der Waals surface area contributed by atoms with Crippen molar-refractivity contribution in [1.82, 2.24) is 14.9 Å². The maximum absolute atomic E-state index is 12.9. The molecule has 1 aromatic carbocycles. The van der Waals surface area contributed by atoms with Gasteiger partial charge in [-0.05, 0) is 38.5 Å². The van der Waals surface area contributed by atoms with Crippen LogP contribution in [0.25, 0.3) is 11.1 Å². The Labute approximate surface area is 171 Å². The van der Waals surface area contributed by atoms with Crippen LogP contribution < -0.4 is 10.9 Å². The summed E-state index contributed by atoms with van der Waals surface area (Å²) in [5.41, 5.74) is 0.383. The molecule has 1 atom stereocenters. The van der Waals surface area contributed by atoms with E-state index in [0.29, 0.717) is 5.02 Å². The van der Waals surface area contributed by atoms with Gasteiger partial charge in [0.15, 0.2) is 0 Å². The molecule has 0 unspecified atom stereocenters. The van der Waals surface area contributed by atoms with Crippen molar-refractivity contribution in [1.29, 1.82) is 0 Å². The van der Waals surface area contributed by atoms with Gasteiger partial charge >= 0.3 is 5.97 Å². The van der Waals surface area contributed by atoms with Crippen LogP contribution in [0.2, 0.25) is 5.02 Å². The van der Waals surface area contributed by atoms with E-state index in [1.807, 2.05) is 19.1 Å². The monoisotopic (exact) mass is 417 g/mol. The van der Waals surface area contributed by atoms with Crippen molar-refractivity contribution in [2.24, 2.45) is 0 Å². The van der Waals surface area contributed by atoms with Gasteiger partial charge in [-0.1, -0.05) is 23.7 Å². The summed E-state index contributed by atoms with van der Waals surface area (Å²) >= 11 is 5.88. The molecular weight excluding hydrogens is 398 g/mol. The maximum atomic E-state index is 12.9. The van der Waals surface area contributed by atoms with Gasteiger partial charge in [0.25, 0.3) is 5.56 Å². The van der Waals surface area contributed by atoms with Crippen LogP contribution in [0.3, 0.4) is 0 Å². The molecule has 0 saturated carbocycles. The number of furan rings is 1. The second-order valence-electron chi connectivity index (χ2n) is 6.45. The van der Waals surface area contributed by atoms with Crippen molar-refractivity contribution < 1.29 is 18.7 Å². The summed E-state index contributed by atoms with van der Waals surface area (Å²) < 4.78 is 11.5. The highest BCUT2D eigenvalue weighted by Gasteiger charge is 2.24. The minimum absolute atomic E-state index is 0.00185. The van der Waals surface area contributed by atoms with Crippen molar-refractivity contribution in [3.05, 3.63) is 62.9 Å². The van der Waals surface area contributed by atoms with E-state index in [1.54, 1.807) is 26.0 Å². The van der Waals surface area contributed by atoms with Crippen molar-refractivity contribution >= 4 is 34.6 Å². The van der Waals surface area contributed by atoms with Crippen LogP contribution in [-0.4, -0.2) is 28.0 Å². The highest BCUT2D eigenvalue weighted by Crippen LogP contribution is 2.22. The summed E-state index contributed by atoms with van der Waals surface area (Å²) in [5, 5.41) is 3.42. The predicted octanol–water partition coefficient (Wildman–Crippen LogP) is 3.01. The second kappa shape index (κ2) is 8.48.